The van der Waals surface area contributed by atoms with Gasteiger partial charge in [0, 0.05) is 5.56 Å². The summed E-state index contributed by atoms with van der Waals surface area (Å²) in [6, 6.07) is 13.7. The van der Waals surface area contributed by atoms with Crippen molar-refractivity contribution < 1.29 is 5.11 Å². The number of nitrogens with zero attached hydrogens (tertiary/aromatic N) is 2. The van der Waals surface area contributed by atoms with Crippen LogP contribution in [0, 0.1) is 0 Å². The number of hydrogen-bond acceptors (Lipinski definition) is 3. The van der Waals surface area contributed by atoms with Crippen molar-refractivity contribution in [3.8, 4) is 0 Å². The largest absolute Gasteiger partial charge is 0.392 e. The number of rotatable bonds is 2. The SMILES string of the molecule is OCC=Cc1cccc2nc3ccccc3nc12. The number of benzene rings is 2. The zero-order valence-electron chi connectivity index (χ0n) is 9.74. The predicted octanol–water partition coefficient (Wildman–Crippen LogP) is 2.79. The Bertz CT molecular complexity index is 735. The van der Waals surface area contributed by atoms with Crippen LogP contribution in [0.1, 0.15) is 5.56 Å². The van der Waals surface area contributed by atoms with Gasteiger partial charge in [-0.1, -0.05) is 36.4 Å². The average Bonchev–Trinajstić information content (AvgIpc) is 2.43. The molecule has 3 rings (SSSR count). The number of para-hydroxylation sites is 3. The van der Waals surface area contributed by atoms with Crippen molar-refractivity contribution in [1.82, 2.24) is 9.97 Å². The van der Waals surface area contributed by atoms with E-state index < -0.39 is 0 Å². The second-order valence-corrected chi connectivity index (χ2v) is 4.01. The number of aromatic nitrogens is 2. The van der Waals surface area contributed by atoms with E-state index in [1.165, 1.54) is 0 Å². The van der Waals surface area contributed by atoms with Gasteiger partial charge in [-0.15, -0.1) is 0 Å². The van der Waals surface area contributed by atoms with Crippen molar-refractivity contribution in [2.75, 3.05) is 6.61 Å². The molecule has 0 aliphatic heterocycles. The van der Waals surface area contributed by atoms with Gasteiger partial charge in [-0.05, 0) is 18.2 Å². The summed E-state index contributed by atoms with van der Waals surface area (Å²) in [5.41, 5.74) is 4.48. The second kappa shape index (κ2) is 4.55. The molecule has 0 saturated carbocycles. The van der Waals surface area contributed by atoms with E-state index >= 15 is 0 Å². The quantitative estimate of drug-likeness (QED) is 0.696. The first-order chi connectivity index (χ1) is 8.88. The monoisotopic (exact) mass is 236 g/mol. The summed E-state index contributed by atoms with van der Waals surface area (Å²) in [7, 11) is 0. The van der Waals surface area contributed by atoms with Gasteiger partial charge >= 0.3 is 0 Å². The molecule has 0 fully saturated rings. The van der Waals surface area contributed by atoms with Gasteiger partial charge in [-0.3, -0.25) is 0 Å². The van der Waals surface area contributed by atoms with Crippen LogP contribution in [0.25, 0.3) is 28.1 Å². The van der Waals surface area contributed by atoms with Crippen LogP contribution >= 0.6 is 0 Å². The summed E-state index contributed by atoms with van der Waals surface area (Å²) >= 11 is 0. The first kappa shape index (κ1) is 10.9. The lowest BCUT2D eigenvalue weighted by Crippen LogP contribution is -1.89. The molecular weight excluding hydrogens is 224 g/mol. The van der Waals surface area contributed by atoms with Crippen LogP contribution in [0.15, 0.2) is 48.5 Å². The Kier molecular flexibility index (Phi) is 2.74. The Morgan fingerprint density at radius 1 is 0.889 bits per heavy atom. The molecule has 0 saturated heterocycles. The molecule has 1 heterocycles. The number of aliphatic hydroxyl groups is 1. The maximum atomic E-state index is 8.85. The second-order valence-electron chi connectivity index (χ2n) is 4.01. The van der Waals surface area contributed by atoms with E-state index in [4.69, 9.17) is 5.11 Å². The lowest BCUT2D eigenvalue weighted by molar-refractivity contribution is 0.343. The number of hydrogen-bond donors (Lipinski definition) is 1. The van der Waals surface area contributed by atoms with E-state index in [0.29, 0.717) is 0 Å². The van der Waals surface area contributed by atoms with Gasteiger partial charge in [0.05, 0.1) is 28.7 Å². The third kappa shape index (κ3) is 1.85. The third-order valence-electron chi connectivity index (χ3n) is 2.80. The average molecular weight is 236 g/mol. The molecule has 0 aliphatic carbocycles. The molecule has 0 aliphatic rings. The molecule has 2 aromatic carbocycles. The molecule has 88 valence electrons. The van der Waals surface area contributed by atoms with Gasteiger partial charge < -0.3 is 5.11 Å². The van der Waals surface area contributed by atoms with Gasteiger partial charge in [0.2, 0.25) is 0 Å². The van der Waals surface area contributed by atoms with Crippen LogP contribution in [0.3, 0.4) is 0 Å². The van der Waals surface area contributed by atoms with Gasteiger partial charge in [0.25, 0.3) is 0 Å². The fraction of sp³-hybridized carbons (Fsp3) is 0.0667. The van der Waals surface area contributed by atoms with Gasteiger partial charge in [0.15, 0.2) is 0 Å². The molecule has 0 bridgehead atoms. The molecule has 3 heteroatoms. The first-order valence-corrected chi connectivity index (χ1v) is 5.81. The van der Waals surface area contributed by atoms with E-state index in [2.05, 4.69) is 9.97 Å². The van der Waals surface area contributed by atoms with Crippen LogP contribution in [0.2, 0.25) is 0 Å². The number of fused-ring (bicyclic) bond motifs is 2. The van der Waals surface area contributed by atoms with Crippen molar-refractivity contribution in [1.29, 1.82) is 0 Å². The highest BCUT2D eigenvalue weighted by atomic mass is 16.2. The van der Waals surface area contributed by atoms with Crippen molar-refractivity contribution >= 4 is 28.1 Å². The molecule has 0 unspecified atom stereocenters. The van der Waals surface area contributed by atoms with Gasteiger partial charge in [-0.2, -0.15) is 0 Å². The minimum atomic E-state index is 0.0252. The van der Waals surface area contributed by atoms with Crippen LogP contribution in [-0.2, 0) is 0 Å². The highest BCUT2D eigenvalue weighted by Gasteiger charge is 2.03. The summed E-state index contributed by atoms with van der Waals surface area (Å²) in [4.78, 5) is 9.22. The fourth-order valence-electron chi connectivity index (χ4n) is 1.98. The van der Waals surface area contributed by atoms with Crippen LogP contribution in [-0.4, -0.2) is 21.7 Å². The topological polar surface area (TPSA) is 46.0 Å². The summed E-state index contributed by atoms with van der Waals surface area (Å²) in [6.45, 7) is 0.0252. The standard InChI is InChI=1S/C15H12N2O/c18-10-4-6-11-5-3-9-14-15(11)17-13-8-2-1-7-12(13)16-14/h1-9,18H,10H2. The lowest BCUT2D eigenvalue weighted by Gasteiger charge is -2.03. The maximum absolute atomic E-state index is 8.85. The van der Waals surface area contributed by atoms with Crippen LogP contribution in [0.5, 0.6) is 0 Å². The molecule has 0 atom stereocenters. The molecule has 1 aromatic heterocycles. The Hall–Kier alpha value is -2.26. The van der Waals surface area contributed by atoms with Crippen molar-refractivity contribution in [3.63, 3.8) is 0 Å². The molecular formula is C15H12N2O. The summed E-state index contributed by atoms with van der Waals surface area (Å²) in [6.07, 6.45) is 3.57. The Morgan fingerprint density at radius 3 is 2.39 bits per heavy atom. The predicted molar refractivity (Wildman–Crippen MR) is 73.2 cm³/mol. The summed E-state index contributed by atoms with van der Waals surface area (Å²) in [5.74, 6) is 0. The molecule has 18 heavy (non-hydrogen) atoms. The molecule has 0 amide bonds. The summed E-state index contributed by atoms with van der Waals surface area (Å²) < 4.78 is 0. The Labute approximate surface area is 104 Å². The van der Waals surface area contributed by atoms with E-state index in [1.54, 1.807) is 6.08 Å². The highest BCUT2D eigenvalue weighted by Crippen LogP contribution is 2.20. The minimum Gasteiger partial charge on any atom is -0.392 e. The van der Waals surface area contributed by atoms with Crippen molar-refractivity contribution in [2.24, 2.45) is 0 Å². The molecule has 3 aromatic rings. The lowest BCUT2D eigenvalue weighted by atomic mass is 10.1. The van der Waals surface area contributed by atoms with Crippen LogP contribution in [0.4, 0.5) is 0 Å². The van der Waals surface area contributed by atoms with Crippen molar-refractivity contribution in [3.05, 3.63) is 54.1 Å². The normalized spacial score (nSPS) is 11.6. The van der Waals surface area contributed by atoms with Gasteiger partial charge in [0.1, 0.15) is 0 Å². The molecule has 0 radical (unpaired) electrons. The van der Waals surface area contributed by atoms with E-state index in [1.807, 2.05) is 48.5 Å². The third-order valence-corrected chi connectivity index (χ3v) is 2.80. The summed E-state index contributed by atoms with van der Waals surface area (Å²) in [5, 5.41) is 8.85. The van der Waals surface area contributed by atoms with E-state index in [9.17, 15) is 0 Å². The van der Waals surface area contributed by atoms with E-state index in [0.717, 1.165) is 27.6 Å². The maximum Gasteiger partial charge on any atom is 0.0966 e. The minimum absolute atomic E-state index is 0.0252. The molecule has 3 nitrogen and oxygen atoms in total. The Morgan fingerprint density at radius 2 is 1.61 bits per heavy atom. The van der Waals surface area contributed by atoms with Gasteiger partial charge in [-0.25, -0.2) is 9.97 Å². The van der Waals surface area contributed by atoms with Crippen molar-refractivity contribution in [2.45, 2.75) is 0 Å². The zero-order chi connectivity index (χ0) is 12.4. The smallest absolute Gasteiger partial charge is 0.0966 e. The van der Waals surface area contributed by atoms with Crippen LogP contribution < -0.4 is 0 Å². The number of aliphatic hydroxyl groups excluding tert-OH is 1. The molecule has 1 N–H and O–H groups in total. The first-order valence-electron chi connectivity index (χ1n) is 5.81. The fourth-order valence-corrected chi connectivity index (χ4v) is 1.98. The highest BCUT2D eigenvalue weighted by molar-refractivity contribution is 5.91. The molecule has 0 spiro atoms. The Balaban J connectivity index is 2.32. The van der Waals surface area contributed by atoms with E-state index in [-0.39, 0.29) is 6.61 Å². The zero-order valence-corrected chi connectivity index (χ0v) is 9.74.